The second-order valence-electron chi connectivity index (χ2n) is 13.3. The molecule has 0 radical (unpaired) electrons. The molecule has 0 fully saturated rings. The van der Waals surface area contributed by atoms with Gasteiger partial charge in [-0.25, -0.2) is 4.79 Å². The molecule has 0 saturated heterocycles. The minimum atomic E-state index is -1.94. The molecule has 0 aliphatic carbocycles. The van der Waals surface area contributed by atoms with E-state index >= 15 is 0 Å². The second-order valence-corrected chi connectivity index (χ2v) is 18.1. The number of hydrogen-bond acceptors (Lipinski definition) is 4. The van der Waals surface area contributed by atoms with E-state index in [9.17, 15) is 4.79 Å². The van der Waals surface area contributed by atoms with Crippen LogP contribution in [0.3, 0.4) is 0 Å². The van der Waals surface area contributed by atoms with E-state index in [1.165, 1.54) is 18.2 Å². The summed E-state index contributed by atoms with van der Waals surface area (Å²) < 4.78 is 18.2. The molecule has 0 N–H and O–H groups in total. The number of benzene rings is 2. The van der Waals surface area contributed by atoms with Crippen LogP contribution in [0.15, 0.2) is 36.4 Å². The standard InChI is InChI=1S/C33H52O4Si/c1-14-33(15-2,25-16-18-27(23(3)20-25)30(34)35-11)26-17-19-28(24(4)21-26)36-22-29(31(5,6)7)37-38(12,13)32(8,9)10/h16-21,29H,14-15,22H2,1-13H3/t29-/m1/s1. The molecule has 2 aromatic carbocycles. The Morgan fingerprint density at radius 3 is 1.82 bits per heavy atom. The predicted octanol–water partition coefficient (Wildman–Crippen LogP) is 9.01. The Kier molecular flexibility index (Phi) is 10.1. The van der Waals surface area contributed by atoms with E-state index in [0.29, 0.717) is 12.2 Å². The zero-order valence-corrected chi connectivity index (χ0v) is 27.3. The van der Waals surface area contributed by atoms with Gasteiger partial charge in [-0.05, 0) is 84.6 Å². The number of hydrogen-bond donors (Lipinski definition) is 0. The molecule has 0 saturated carbocycles. The summed E-state index contributed by atoms with van der Waals surface area (Å²) >= 11 is 0. The van der Waals surface area contributed by atoms with Crippen LogP contribution in [0.1, 0.15) is 101 Å². The van der Waals surface area contributed by atoms with Crippen molar-refractivity contribution in [2.75, 3.05) is 13.7 Å². The van der Waals surface area contributed by atoms with E-state index in [1.807, 2.05) is 13.0 Å². The van der Waals surface area contributed by atoms with Crippen LogP contribution in [0.2, 0.25) is 18.1 Å². The van der Waals surface area contributed by atoms with E-state index in [2.05, 4.69) is 106 Å². The van der Waals surface area contributed by atoms with Gasteiger partial charge in [0.1, 0.15) is 12.4 Å². The largest absolute Gasteiger partial charge is 0.491 e. The van der Waals surface area contributed by atoms with Gasteiger partial charge < -0.3 is 13.9 Å². The zero-order chi connectivity index (χ0) is 29.1. The van der Waals surface area contributed by atoms with Crippen LogP contribution in [0.25, 0.3) is 0 Å². The Labute approximate surface area is 233 Å². The summed E-state index contributed by atoms with van der Waals surface area (Å²) in [6.07, 6.45) is 1.91. The maximum Gasteiger partial charge on any atom is 0.338 e. The number of esters is 1. The quantitative estimate of drug-likeness (QED) is 0.223. The van der Waals surface area contributed by atoms with Crippen LogP contribution in [-0.2, 0) is 14.6 Å². The van der Waals surface area contributed by atoms with Crippen molar-refractivity contribution in [2.24, 2.45) is 5.41 Å². The molecule has 4 nitrogen and oxygen atoms in total. The second kappa shape index (κ2) is 12.0. The fourth-order valence-electron chi connectivity index (χ4n) is 4.80. The summed E-state index contributed by atoms with van der Waals surface area (Å²) in [5.74, 6) is 0.608. The SMILES string of the molecule is CCC(CC)(c1ccc(OC[C@@H](O[Si](C)(C)C(C)(C)C)C(C)(C)C)c(C)c1)c1ccc(C(=O)OC)c(C)c1. The van der Waals surface area contributed by atoms with Crippen molar-refractivity contribution in [3.63, 3.8) is 0 Å². The molecular weight excluding hydrogens is 488 g/mol. The molecule has 0 bridgehead atoms. The number of carbonyl (C=O) groups excluding carboxylic acids is 1. The topological polar surface area (TPSA) is 44.8 Å². The molecule has 0 spiro atoms. The smallest absolute Gasteiger partial charge is 0.338 e. The number of aryl methyl sites for hydroxylation is 2. The van der Waals surface area contributed by atoms with Crippen molar-refractivity contribution in [3.8, 4) is 5.75 Å². The van der Waals surface area contributed by atoms with E-state index in [-0.39, 0.29) is 27.9 Å². The zero-order valence-electron chi connectivity index (χ0n) is 26.3. The van der Waals surface area contributed by atoms with E-state index in [0.717, 1.165) is 29.7 Å². The maximum absolute atomic E-state index is 12.1. The molecule has 0 aromatic heterocycles. The highest BCUT2D eigenvalue weighted by molar-refractivity contribution is 6.74. The third kappa shape index (κ3) is 6.90. The average molecular weight is 541 g/mol. The number of ether oxygens (including phenoxy) is 2. The number of methoxy groups -OCH3 is 1. The highest BCUT2D eigenvalue weighted by Gasteiger charge is 2.42. The summed E-state index contributed by atoms with van der Waals surface area (Å²) in [4.78, 5) is 12.1. The monoisotopic (exact) mass is 540 g/mol. The molecule has 0 aliphatic heterocycles. The lowest BCUT2D eigenvalue weighted by atomic mass is 9.70. The van der Waals surface area contributed by atoms with Crippen molar-refractivity contribution in [2.45, 2.75) is 112 Å². The van der Waals surface area contributed by atoms with Gasteiger partial charge in [-0.1, -0.05) is 79.7 Å². The van der Waals surface area contributed by atoms with Gasteiger partial charge in [0.25, 0.3) is 0 Å². The lowest BCUT2D eigenvalue weighted by Gasteiger charge is -2.43. The van der Waals surface area contributed by atoms with Gasteiger partial charge in [-0.2, -0.15) is 0 Å². The van der Waals surface area contributed by atoms with Gasteiger partial charge in [-0.15, -0.1) is 0 Å². The molecule has 2 aromatic rings. The van der Waals surface area contributed by atoms with E-state index in [1.54, 1.807) is 0 Å². The first-order valence-electron chi connectivity index (χ1n) is 14.0. The third-order valence-corrected chi connectivity index (χ3v) is 13.2. The van der Waals surface area contributed by atoms with Crippen LogP contribution in [0.5, 0.6) is 5.75 Å². The van der Waals surface area contributed by atoms with Crippen molar-refractivity contribution in [1.82, 2.24) is 0 Å². The number of rotatable bonds is 10. The summed E-state index contributed by atoms with van der Waals surface area (Å²) in [7, 11) is -0.514. The van der Waals surface area contributed by atoms with Crippen LogP contribution in [0.4, 0.5) is 0 Å². The Hall–Kier alpha value is -2.11. The van der Waals surface area contributed by atoms with Gasteiger partial charge in [0, 0.05) is 5.41 Å². The summed E-state index contributed by atoms with van der Waals surface area (Å²) in [5, 5.41) is 0.144. The van der Waals surface area contributed by atoms with Gasteiger partial charge in [-0.3, -0.25) is 0 Å². The molecule has 2 rings (SSSR count). The molecule has 0 heterocycles. The Balaban J connectivity index is 2.37. The first-order valence-corrected chi connectivity index (χ1v) is 17.0. The highest BCUT2D eigenvalue weighted by atomic mass is 28.4. The normalized spacial score (nSPS) is 13.8. The molecule has 5 heteroatoms. The first-order chi connectivity index (χ1) is 17.4. The maximum atomic E-state index is 12.1. The molecule has 212 valence electrons. The van der Waals surface area contributed by atoms with Crippen molar-refractivity contribution in [1.29, 1.82) is 0 Å². The van der Waals surface area contributed by atoms with Gasteiger partial charge in [0.05, 0.1) is 18.8 Å². The first kappa shape index (κ1) is 32.1. The predicted molar refractivity (Wildman–Crippen MR) is 162 cm³/mol. The van der Waals surface area contributed by atoms with Crippen molar-refractivity contribution in [3.05, 3.63) is 64.2 Å². The Morgan fingerprint density at radius 1 is 0.868 bits per heavy atom. The lowest BCUT2D eigenvalue weighted by Crippen LogP contribution is -2.49. The molecule has 0 amide bonds. The van der Waals surface area contributed by atoms with Gasteiger partial charge in [0.15, 0.2) is 8.32 Å². The Bertz CT molecular complexity index is 1100. The van der Waals surface area contributed by atoms with E-state index in [4.69, 9.17) is 13.9 Å². The molecule has 0 unspecified atom stereocenters. The number of carbonyl (C=O) groups is 1. The highest BCUT2D eigenvalue weighted by Crippen LogP contribution is 2.42. The molecule has 38 heavy (non-hydrogen) atoms. The molecule has 1 atom stereocenters. The summed E-state index contributed by atoms with van der Waals surface area (Å²) in [6, 6.07) is 12.7. The van der Waals surface area contributed by atoms with Gasteiger partial charge >= 0.3 is 5.97 Å². The van der Waals surface area contributed by atoms with Gasteiger partial charge in [0.2, 0.25) is 0 Å². The minimum absolute atomic E-state index is 0.00384. The van der Waals surface area contributed by atoms with Crippen LogP contribution < -0.4 is 4.74 Å². The fourth-order valence-corrected chi connectivity index (χ4v) is 6.29. The van der Waals surface area contributed by atoms with Crippen LogP contribution >= 0.6 is 0 Å². The summed E-state index contributed by atoms with van der Waals surface area (Å²) in [6.45, 7) is 27.2. The average Bonchev–Trinajstić information content (AvgIpc) is 2.82. The van der Waals surface area contributed by atoms with Crippen molar-refractivity contribution >= 4 is 14.3 Å². The third-order valence-electron chi connectivity index (χ3n) is 8.72. The van der Waals surface area contributed by atoms with E-state index < -0.39 is 8.32 Å². The molecular formula is C33H52O4Si. The van der Waals surface area contributed by atoms with Crippen LogP contribution in [-0.4, -0.2) is 34.1 Å². The van der Waals surface area contributed by atoms with Crippen LogP contribution in [0, 0.1) is 19.3 Å². The van der Waals surface area contributed by atoms with Crippen molar-refractivity contribution < 1.29 is 18.7 Å². The Morgan fingerprint density at radius 2 is 1.39 bits per heavy atom. The minimum Gasteiger partial charge on any atom is -0.491 e. The lowest BCUT2D eigenvalue weighted by molar-refractivity contribution is 0.0310. The molecule has 0 aliphatic rings. The fraction of sp³-hybridized carbons (Fsp3) is 0.606. The summed E-state index contributed by atoms with van der Waals surface area (Å²) in [5.41, 5.74) is 4.98.